The Labute approximate surface area is 228 Å². The van der Waals surface area contributed by atoms with Crippen LogP contribution in [0.25, 0.3) is 22.1 Å². The van der Waals surface area contributed by atoms with E-state index in [9.17, 15) is 10.2 Å². The maximum Gasteiger partial charge on any atom is 0.164 e. The van der Waals surface area contributed by atoms with Gasteiger partial charge in [0.1, 0.15) is 41.9 Å². The number of hydrogen-bond donors (Lipinski definition) is 4. The predicted octanol–water partition coefficient (Wildman–Crippen LogP) is 3.15. The number of likely N-dealkylation sites (N-methyl/N-ethyl adjacent to an activating group) is 1. The smallest absolute Gasteiger partial charge is 0.164 e. The fourth-order valence-corrected chi connectivity index (χ4v) is 6.02. The van der Waals surface area contributed by atoms with Crippen molar-refractivity contribution in [3.05, 3.63) is 48.2 Å². The van der Waals surface area contributed by atoms with E-state index in [2.05, 4.69) is 65.9 Å². The summed E-state index contributed by atoms with van der Waals surface area (Å²) in [5.74, 6) is 2.08. The molecule has 10 nitrogen and oxygen atoms in total. The van der Waals surface area contributed by atoms with Crippen LogP contribution in [-0.4, -0.2) is 77.6 Å². The molecule has 0 spiro atoms. The van der Waals surface area contributed by atoms with E-state index < -0.39 is 24.5 Å². The molecule has 0 amide bonds. The maximum absolute atomic E-state index is 10.8. The molecule has 1 aliphatic heterocycles. The molecule has 1 saturated heterocycles. The highest BCUT2D eigenvalue weighted by Crippen LogP contribution is 2.37. The molecule has 0 bridgehead atoms. The average molecular weight is 534 g/mol. The normalized spacial score (nSPS) is 27.6. The van der Waals surface area contributed by atoms with Gasteiger partial charge in [-0.3, -0.25) is 0 Å². The lowest BCUT2D eigenvalue weighted by Crippen LogP contribution is -2.47. The maximum atomic E-state index is 10.8. The van der Waals surface area contributed by atoms with E-state index in [0.29, 0.717) is 35.4 Å². The number of aromatic amines is 1. The van der Waals surface area contributed by atoms with E-state index in [-0.39, 0.29) is 5.41 Å². The summed E-state index contributed by atoms with van der Waals surface area (Å²) in [6.07, 6.45) is 4.14. The molecule has 3 aromatic heterocycles. The number of aromatic nitrogens is 5. The van der Waals surface area contributed by atoms with Gasteiger partial charge in [-0.2, -0.15) is 0 Å². The lowest BCUT2D eigenvalue weighted by atomic mass is 9.76. The molecule has 5 N–H and O–H groups in total. The van der Waals surface area contributed by atoms with Crippen LogP contribution in [0, 0.1) is 5.92 Å². The standard InChI is InChI=1S/C29H39N7O3/c1-29(2,3)17-6-7-20-21(13-17)34-23(33-20)8-5-16-11-18(12-16)35(4)14-22-24(37)25(38)28(39-22)36-10-9-19-26(30)31-15-32-27(19)36/h6-7,9-10,13,15-16,18,22,24-25,28,37-38H,5,8,11-12,14H2,1-4H3,(H,33,34)(H2,30,31,32)/t16?,18?,22-,24-,25-,28-/m1/s1. The average Bonchev–Trinajstić information content (AvgIpc) is 3.54. The molecule has 0 unspecified atom stereocenters. The number of anilines is 1. The lowest BCUT2D eigenvalue weighted by molar-refractivity contribution is -0.0512. The number of benzene rings is 1. The predicted molar refractivity (Wildman–Crippen MR) is 150 cm³/mol. The Morgan fingerprint density at radius 3 is 2.72 bits per heavy atom. The minimum absolute atomic E-state index is 0.110. The zero-order valence-corrected chi connectivity index (χ0v) is 23.1. The molecule has 10 heteroatoms. The third-order valence-corrected chi connectivity index (χ3v) is 8.64. The molecule has 39 heavy (non-hydrogen) atoms. The Hall–Kier alpha value is -3.05. The number of aryl methyl sites for hydroxylation is 1. The zero-order valence-electron chi connectivity index (χ0n) is 23.1. The van der Waals surface area contributed by atoms with Crippen molar-refractivity contribution in [3.63, 3.8) is 0 Å². The largest absolute Gasteiger partial charge is 0.387 e. The first-order chi connectivity index (χ1) is 18.6. The van der Waals surface area contributed by atoms with Gasteiger partial charge in [-0.25, -0.2) is 15.0 Å². The number of imidazole rings is 1. The van der Waals surface area contributed by atoms with E-state index in [1.807, 2.05) is 0 Å². The van der Waals surface area contributed by atoms with Gasteiger partial charge < -0.3 is 35.1 Å². The van der Waals surface area contributed by atoms with Crippen LogP contribution in [-0.2, 0) is 16.6 Å². The van der Waals surface area contributed by atoms with Gasteiger partial charge in [-0.15, -0.1) is 0 Å². The van der Waals surface area contributed by atoms with Gasteiger partial charge in [-0.05, 0) is 61.4 Å². The number of nitrogens with two attached hydrogens (primary N) is 1. The quantitative estimate of drug-likeness (QED) is 0.284. The third kappa shape index (κ3) is 4.91. The summed E-state index contributed by atoms with van der Waals surface area (Å²) in [7, 11) is 2.07. The van der Waals surface area contributed by atoms with E-state index in [1.165, 1.54) is 11.9 Å². The SMILES string of the molecule is CN(C[C@H]1O[C@@H](n2ccc3c(N)ncnc32)[C@H](O)[C@@H]1O)C1CC(CCc2nc3cc(C(C)(C)C)ccc3[nH]2)C1. The van der Waals surface area contributed by atoms with E-state index in [1.54, 1.807) is 16.8 Å². The van der Waals surface area contributed by atoms with Crippen LogP contribution in [0.4, 0.5) is 5.82 Å². The van der Waals surface area contributed by atoms with Gasteiger partial charge in [0.25, 0.3) is 0 Å². The van der Waals surface area contributed by atoms with Crippen molar-refractivity contribution in [2.24, 2.45) is 5.92 Å². The van der Waals surface area contributed by atoms with Crippen LogP contribution in [0.15, 0.2) is 36.8 Å². The minimum atomic E-state index is -1.06. The number of fused-ring (bicyclic) bond motifs is 2. The first-order valence-electron chi connectivity index (χ1n) is 13.9. The number of hydrogen-bond acceptors (Lipinski definition) is 8. The van der Waals surface area contributed by atoms with E-state index >= 15 is 0 Å². The van der Waals surface area contributed by atoms with Gasteiger partial charge >= 0.3 is 0 Å². The van der Waals surface area contributed by atoms with Gasteiger partial charge in [-0.1, -0.05) is 26.8 Å². The summed E-state index contributed by atoms with van der Waals surface area (Å²) in [6.45, 7) is 7.22. The van der Waals surface area contributed by atoms with Crippen LogP contribution in [0.2, 0.25) is 0 Å². The van der Waals surface area contributed by atoms with Crippen molar-refractivity contribution in [1.82, 2.24) is 29.4 Å². The molecule has 1 aliphatic carbocycles. The highest BCUT2D eigenvalue weighted by Gasteiger charge is 2.45. The zero-order chi connectivity index (χ0) is 27.5. The van der Waals surface area contributed by atoms with Crippen molar-refractivity contribution in [3.8, 4) is 0 Å². The molecule has 1 aromatic carbocycles. The van der Waals surface area contributed by atoms with Crippen molar-refractivity contribution in [2.75, 3.05) is 19.3 Å². The second-order valence-electron chi connectivity index (χ2n) is 12.4. The van der Waals surface area contributed by atoms with Crippen molar-refractivity contribution >= 4 is 27.9 Å². The number of H-pyrrole nitrogens is 1. The Morgan fingerprint density at radius 2 is 1.95 bits per heavy atom. The minimum Gasteiger partial charge on any atom is -0.387 e. The van der Waals surface area contributed by atoms with Crippen LogP contribution < -0.4 is 5.73 Å². The molecular formula is C29H39N7O3. The number of ether oxygens (including phenoxy) is 1. The van der Waals surface area contributed by atoms with Crippen molar-refractivity contribution in [1.29, 1.82) is 0 Å². The number of nitrogen functional groups attached to an aromatic ring is 1. The number of nitrogens with one attached hydrogen (secondary N) is 1. The molecule has 1 saturated carbocycles. The highest BCUT2D eigenvalue weighted by atomic mass is 16.6. The Bertz CT molecular complexity index is 1470. The molecule has 6 rings (SSSR count). The Morgan fingerprint density at radius 1 is 1.15 bits per heavy atom. The molecule has 4 heterocycles. The second kappa shape index (κ2) is 9.85. The van der Waals surface area contributed by atoms with Crippen LogP contribution in [0.5, 0.6) is 0 Å². The summed E-state index contributed by atoms with van der Waals surface area (Å²) in [4.78, 5) is 18.9. The van der Waals surface area contributed by atoms with E-state index in [0.717, 1.165) is 42.5 Å². The Balaban J connectivity index is 1.01. The van der Waals surface area contributed by atoms with Crippen molar-refractivity contribution < 1.29 is 14.9 Å². The van der Waals surface area contributed by atoms with Gasteiger partial charge in [0.15, 0.2) is 6.23 Å². The monoisotopic (exact) mass is 533 g/mol. The number of aliphatic hydroxyl groups is 2. The van der Waals surface area contributed by atoms with Crippen LogP contribution in [0.1, 0.15) is 57.6 Å². The fourth-order valence-electron chi connectivity index (χ4n) is 6.02. The Kier molecular flexibility index (Phi) is 6.61. The number of nitrogens with zero attached hydrogens (tertiary/aromatic N) is 5. The molecule has 0 radical (unpaired) electrons. The van der Waals surface area contributed by atoms with Gasteiger partial charge in [0.05, 0.1) is 16.4 Å². The van der Waals surface area contributed by atoms with Crippen LogP contribution >= 0.6 is 0 Å². The fraction of sp³-hybridized carbons (Fsp3) is 0.552. The lowest BCUT2D eigenvalue weighted by Gasteiger charge is -2.42. The molecule has 2 fully saturated rings. The molecule has 2 aliphatic rings. The third-order valence-electron chi connectivity index (χ3n) is 8.64. The van der Waals surface area contributed by atoms with Crippen molar-refractivity contribution in [2.45, 2.75) is 82.5 Å². The first kappa shape index (κ1) is 26.2. The number of rotatable bonds is 7. The van der Waals surface area contributed by atoms with Gasteiger partial charge in [0, 0.05) is 25.2 Å². The molecule has 208 valence electrons. The summed E-state index contributed by atoms with van der Waals surface area (Å²) in [5.41, 5.74) is 10.1. The molecule has 4 aromatic rings. The number of aliphatic hydroxyl groups excluding tert-OH is 2. The first-order valence-corrected chi connectivity index (χ1v) is 13.9. The molecule has 4 atom stereocenters. The second-order valence-corrected chi connectivity index (χ2v) is 12.4. The van der Waals surface area contributed by atoms with Crippen LogP contribution in [0.3, 0.4) is 0 Å². The summed E-state index contributed by atoms with van der Waals surface area (Å²) in [5, 5.41) is 22.3. The molecular weight excluding hydrogens is 494 g/mol. The summed E-state index contributed by atoms with van der Waals surface area (Å²) in [6, 6.07) is 8.77. The summed E-state index contributed by atoms with van der Waals surface area (Å²) < 4.78 is 7.89. The highest BCUT2D eigenvalue weighted by molar-refractivity contribution is 5.86. The summed E-state index contributed by atoms with van der Waals surface area (Å²) >= 11 is 0. The van der Waals surface area contributed by atoms with Gasteiger partial charge in [0.2, 0.25) is 0 Å². The topological polar surface area (TPSA) is 138 Å². The van der Waals surface area contributed by atoms with E-state index in [4.69, 9.17) is 15.5 Å².